The maximum absolute atomic E-state index is 12.6. The average molecular weight is 336 g/mol. The number of ketones is 1. The van der Waals surface area contributed by atoms with Crippen LogP contribution in [-0.4, -0.2) is 39.9 Å². The lowest BCUT2D eigenvalue weighted by molar-refractivity contribution is -0.190. The molecule has 4 aliphatic carbocycles. The van der Waals surface area contributed by atoms with E-state index >= 15 is 0 Å². The number of carbonyl (C=O) groups excluding carboxylic acids is 1. The van der Waals surface area contributed by atoms with Gasteiger partial charge in [-0.05, 0) is 73.5 Å². The Labute approximate surface area is 144 Å². The second-order valence-corrected chi connectivity index (χ2v) is 9.80. The first kappa shape index (κ1) is 17.0. The molecule has 2 bridgehead atoms. The fraction of sp³-hybridized carbons (Fsp3) is 0.950. The molecule has 0 heterocycles. The van der Waals surface area contributed by atoms with Gasteiger partial charge in [0, 0.05) is 6.42 Å². The van der Waals surface area contributed by atoms with E-state index in [0.717, 1.165) is 38.5 Å². The molecule has 0 amide bonds. The third-order valence-corrected chi connectivity index (χ3v) is 9.32. The number of Topliss-reactive ketones (excluding diaryl/α,β-unsaturated/α-hetero) is 1. The molecular formula is C20H32O4. The summed E-state index contributed by atoms with van der Waals surface area (Å²) >= 11 is 0. The van der Waals surface area contributed by atoms with E-state index in [1.165, 1.54) is 0 Å². The highest BCUT2D eigenvalue weighted by molar-refractivity contribution is 5.86. The van der Waals surface area contributed by atoms with Crippen molar-refractivity contribution in [1.82, 2.24) is 0 Å². The Kier molecular flexibility index (Phi) is 3.57. The maximum Gasteiger partial charge on any atom is 0.141 e. The molecule has 4 heteroatoms. The van der Waals surface area contributed by atoms with Crippen LogP contribution in [0.2, 0.25) is 0 Å². The van der Waals surface area contributed by atoms with Crippen LogP contribution in [0, 0.1) is 34.0 Å². The van der Waals surface area contributed by atoms with Crippen LogP contribution in [0.15, 0.2) is 0 Å². The lowest BCUT2D eigenvalue weighted by atomic mass is 9.39. The van der Waals surface area contributed by atoms with Gasteiger partial charge in [0.15, 0.2) is 0 Å². The normalized spacial score (nSPS) is 56.7. The molecule has 24 heavy (non-hydrogen) atoms. The molecule has 4 saturated carbocycles. The molecule has 1 spiro atoms. The first-order chi connectivity index (χ1) is 11.3. The first-order valence-electron chi connectivity index (χ1n) is 9.73. The Morgan fingerprint density at radius 3 is 2.46 bits per heavy atom. The summed E-state index contributed by atoms with van der Waals surface area (Å²) in [6, 6.07) is 0. The van der Waals surface area contributed by atoms with Gasteiger partial charge >= 0.3 is 0 Å². The molecule has 0 aromatic rings. The molecule has 0 aromatic heterocycles. The lowest BCUT2D eigenvalue weighted by Crippen LogP contribution is -2.62. The van der Waals surface area contributed by atoms with Crippen molar-refractivity contribution in [3.05, 3.63) is 0 Å². The zero-order valence-corrected chi connectivity index (χ0v) is 15.1. The minimum atomic E-state index is -0.904. The number of fused-ring (bicyclic) bond motifs is 2. The third-order valence-electron chi connectivity index (χ3n) is 9.32. The quantitative estimate of drug-likeness (QED) is 0.723. The van der Waals surface area contributed by atoms with E-state index in [0.29, 0.717) is 18.8 Å². The molecule has 7 atom stereocenters. The molecule has 0 saturated heterocycles. The molecule has 0 aliphatic heterocycles. The van der Waals surface area contributed by atoms with E-state index in [1.54, 1.807) is 0 Å². The summed E-state index contributed by atoms with van der Waals surface area (Å²) in [5.41, 5.74) is -1.26. The molecule has 1 unspecified atom stereocenters. The van der Waals surface area contributed by atoms with Gasteiger partial charge in [0.25, 0.3) is 0 Å². The van der Waals surface area contributed by atoms with Gasteiger partial charge < -0.3 is 15.3 Å². The smallest absolute Gasteiger partial charge is 0.141 e. The van der Waals surface area contributed by atoms with E-state index in [2.05, 4.69) is 6.92 Å². The van der Waals surface area contributed by atoms with Crippen LogP contribution >= 0.6 is 0 Å². The topological polar surface area (TPSA) is 77.8 Å². The Morgan fingerprint density at radius 1 is 1.04 bits per heavy atom. The third kappa shape index (κ3) is 1.78. The molecular weight excluding hydrogens is 304 g/mol. The van der Waals surface area contributed by atoms with Gasteiger partial charge in [0.2, 0.25) is 0 Å². The molecule has 4 rings (SSSR count). The minimum Gasteiger partial charge on any atom is -0.395 e. The van der Waals surface area contributed by atoms with Crippen molar-refractivity contribution in [1.29, 1.82) is 0 Å². The van der Waals surface area contributed by atoms with Gasteiger partial charge in [-0.25, -0.2) is 0 Å². The molecule has 0 aromatic carbocycles. The van der Waals surface area contributed by atoms with Crippen LogP contribution in [-0.2, 0) is 4.79 Å². The molecule has 3 N–H and O–H groups in total. The molecule has 4 aliphatic rings. The van der Waals surface area contributed by atoms with Crippen molar-refractivity contribution in [3.8, 4) is 0 Å². The van der Waals surface area contributed by atoms with E-state index in [4.69, 9.17) is 0 Å². The number of hydrogen-bond acceptors (Lipinski definition) is 4. The zero-order valence-electron chi connectivity index (χ0n) is 15.1. The van der Waals surface area contributed by atoms with E-state index in [9.17, 15) is 20.1 Å². The number of hydrogen-bond donors (Lipinski definition) is 3. The summed E-state index contributed by atoms with van der Waals surface area (Å²) in [6.07, 6.45) is 7.24. The standard InChI is InChI=1S/C20H32O4/c1-17(11-21)15-4-3-13-9-14-10-19(13,7-8-20(14,24)12-22)18(15,2)6-5-16(17)23/h13-15,21-22,24H,3-12H2,1-2H3/t13?,14-,15+,17+,18+,19+,20+/m1/s1. The van der Waals surface area contributed by atoms with Crippen molar-refractivity contribution in [2.24, 2.45) is 34.0 Å². The molecule has 4 nitrogen and oxygen atoms in total. The summed E-state index contributed by atoms with van der Waals surface area (Å²) in [4.78, 5) is 12.6. The van der Waals surface area contributed by atoms with Crippen LogP contribution in [0.3, 0.4) is 0 Å². The van der Waals surface area contributed by atoms with Crippen molar-refractivity contribution in [2.45, 2.75) is 70.8 Å². The average Bonchev–Trinajstić information content (AvgIpc) is 2.93. The van der Waals surface area contributed by atoms with Crippen molar-refractivity contribution in [3.63, 3.8) is 0 Å². The Hall–Kier alpha value is -0.450. The second kappa shape index (κ2) is 5.05. The van der Waals surface area contributed by atoms with Gasteiger partial charge in [-0.3, -0.25) is 4.79 Å². The molecule has 4 fully saturated rings. The highest BCUT2D eigenvalue weighted by atomic mass is 16.3. The van der Waals surface area contributed by atoms with Gasteiger partial charge in [-0.15, -0.1) is 0 Å². The van der Waals surface area contributed by atoms with Crippen LogP contribution in [0.4, 0.5) is 0 Å². The Bertz CT molecular complexity index is 562. The maximum atomic E-state index is 12.6. The Balaban J connectivity index is 1.76. The number of carbonyl (C=O) groups is 1. The number of aliphatic hydroxyl groups excluding tert-OH is 2. The predicted molar refractivity (Wildman–Crippen MR) is 90.2 cm³/mol. The highest BCUT2D eigenvalue weighted by Crippen LogP contribution is 2.74. The fourth-order valence-corrected chi connectivity index (χ4v) is 7.73. The van der Waals surface area contributed by atoms with Gasteiger partial charge in [0.1, 0.15) is 5.78 Å². The first-order valence-corrected chi connectivity index (χ1v) is 9.73. The highest BCUT2D eigenvalue weighted by Gasteiger charge is 2.70. The second-order valence-electron chi connectivity index (χ2n) is 9.80. The van der Waals surface area contributed by atoms with Gasteiger partial charge in [-0.1, -0.05) is 13.8 Å². The monoisotopic (exact) mass is 336 g/mol. The summed E-state index contributed by atoms with van der Waals surface area (Å²) in [7, 11) is 0. The summed E-state index contributed by atoms with van der Waals surface area (Å²) in [6.45, 7) is 4.17. The minimum absolute atomic E-state index is 0.0448. The van der Waals surface area contributed by atoms with Gasteiger partial charge in [-0.2, -0.15) is 0 Å². The fourth-order valence-electron chi connectivity index (χ4n) is 7.73. The predicted octanol–water partition coefficient (Wildman–Crippen LogP) is 2.29. The zero-order chi connectivity index (χ0) is 17.4. The van der Waals surface area contributed by atoms with Crippen LogP contribution in [0.1, 0.15) is 65.2 Å². The van der Waals surface area contributed by atoms with Crippen molar-refractivity contribution < 1.29 is 20.1 Å². The summed E-state index contributed by atoms with van der Waals surface area (Å²) in [5.74, 6) is 1.27. The van der Waals surface area contributed by atoms with Gasteiger partial charge in [0.05, 0.1) is 24.2 Å². The van der Waals surface area contributed by atoms with Crippen molar-refractivity contribution in [2.75, 3.05) is 13.2 Å². The SMILES string of the molecule is C[C@]12CCC(=O)[C@@](C)(CO)[C@@H]1CCC1C[C@@H]3C[C@@]12CC[C@]3(O)CO. The number of rotatable bonds is 2. The van der Waals surface area contributed by atoms with E-state index < -0.39 is 11.0 Å². The van der Waals surface area contributed by atoms with Crippen LogP contribution < -0.4 is 0 Å². The lowest BCUT2D eigenvalue weighted by Gasteiger charge is -2.65. The van der Waals surface area contributed by atoms with Crippen LogP contribution in [0.25, 0.3) is 0 Å². The molecule has 0 radical (unpaired) electrons. The number of aliphatic hydroxyl groups is 3. The summed E-state index contributed by atoms with van der Waals surface area (Å²) in [5, 5.41) is 30.6. The van der Waals surface area contributed by atoms with Crippen molar-refractivity contribution >= 4 is 5.78 Å². The molecule has 136 valence electrons. The largest absolute Gasteiger partial charge is 0.395 e. The summed E-state index contributed by atoms with van der Waals surface area (Å²) < 4.78 is 0. The Morgan fingerprint density at radius 2 is 1.79 bits per heavy atom. The van der Waals surface area contributed by atoms with E-state index in [-0.39, 0.29) is 41.7 Å². The van der Waals surface area contributed by atoms with Crippen LogP contribution in [0.5, 0.6) is 0 Å². The van der Waals surface area contributed by atoms with E-state index in [1.807, 2.05) is 6.92 Å².